The number of hydrogen-bond acceptors (Lipinski definition) is 3. The van der Waals surface area contributed by atoms with E-state index in [-0.39, 0.29) is 23.7 Å². The van der Waals surface area contributed by atoms with Crippen molar-refractivity contribution in [3.8, 4) is 0 Å². The van der Waals surface area contributed by atoms with E-state index < -0.39 is 5.54 Å². The number of nitrogens with zero attached hydrogens (tertiary/aromatic N) is 1. The Hall–Kier alpha value is -0.320. The van der Waals surface area contributed by atoms with Crippen LogP contribution in [0.2, 0.25) is 0 Å². The van der Waals surface area contributed by atoms with Gasteiger partial charge >= 0.3 is 0 Å². The summed E-state index contributed by atoms with van der Waals surface area (Å²) in [6.45, 7) is 1.75. The molecule has 0 aromatic rings. The molecule has 2 atom stereocenters. The maximum absolute atomic E-state index is 12.8. The summed E-state index contributed by atoms with van der Waals surface area (Å²) in [5.41, 5.74) is 6.00. The van der Waals surface area contributed by atoms with E-state index >= 15 is 0 Å². The van der Waals surface area contributed by atoms with Crippen LogP contribution in [0.4, 0.5) is 0 Å². The van der Waals surface area contributed by atoms with Crippen molar-refractivity contribution < 1.29 is 9.53 Å². The summed E-state index contributed by atoms with van der Waals surface area (Å²) in [5, 5.41) is 0. The zero-order valence-electron chi connectivity index (χ0n) is 13.1. The molecule has 3 rings (SSSR count). The molecule has 5 heteroatoms. The number of piperidine rings is 1. The molecule has 0 radical (unpaired) electrons. The molecule has 4 nitrogen and oxygen atoms in total. The van der Waals surface area contributed by atoms with Crippen LogP contribution in [0.15, 0.2) is 0 Å². The van der Waals surface area contributed by atoms with E-state index in [2.05, 4.69) is 4.90 Å². The van der Waals surface area contributed by atoms with Crippen LogP contribution in [-0.2, 0) is 9.53 Å². The third-order valence-corrected chi connectivity index (χ3v) is 5.93. The van der Waals surface area contributed by atoms with E-state index in [0.717, 1.165) is 51.6 Å². The maximum Gasteiger partial charge on any atom is 0.242 e. The molecule has 1 spiro atoms. The molecule has 0 bridgehead atoms. The molecule has 1 heterocycles. The van der Waals surface area contributed by atoms with Gasteiger partial charge in [-0.25, -0.2) is 0 Å². The van der Waals surface area contributed by atoms with E-state index in [4.69, 9.17) is 10.5 Å². The number of likely N-dealkylation sites (tertiary alicyclic amines) is 1. The Bertz CT molecular complexity index is 384. The number of halogens is 1. The Morgan fingerprint density at radius 2 is 1.81 bits per heavy atom. The summed E-state index contributed by atoms with van der Waals surface area (Å²) in [6, 6.07) is 0. The zero-order chi connectivity index (χ0) is 14.2. The second kappa shape index (κ2) is 6.43. The molecule has 3 aliphatic rings. The number of ether oxygens (including phenoxy) is 1. The first-order valence-corrected chi connectivity index (χ1v) is 8.21. The van der Waals surface area contributed by atoms with Gasteiger partial charge in [0.05, 0.1) is 11.6 Å². The normalized spacial score (nSPS) is 35.0. The predicted molar refractivity (Wildman–Crippen MR) is 85.5 cm³/mol. The van der Waals surface area contributed by atoms with E-state index in [1.54, 1.807) is 0 Å². The molecule has 3 fully saturated rings. The summed E-state index contributed by atoms with van der Waals surface area (Å²) in [5.74, 6) is 0.204. The summed E-state index contributed by atoms with van der Waals surface area (Å²) in [6.07, 6.45) is 10.1. The van der Waals surface area contributed by atoms with E-state index in [9.17, 15) is 4.79 Å². The third kappa shape index (κ3) is 2.95. The Labute approximate surface area is 134 Å². The Morgan fingerprint density at radius 1 is 1.14 bits per heavy atom. The largest absolute Gasteiger partial charge is 0.381 e. The molecule has 2 aliphatic carbocycles. The molecule has 0 aromatic heterocycles. The highest BCUT2D eigenvalue weighted by Crippen LogP contribution is 2.47. The van der Waals surface area contributed by atoms with Crippen LogP contribution in [-0.4, -0.2) is 42.6 Å². The van der Waals surface area contributed by atoms with E-state index in [0.29, 0.717) is 6.10 Å². The van der Waals surface area contributed by atoms with Crippen molar-refractivity contribution in [1.29, 1.82) is 0 Å². The number of methoxy groups -OCH3 is 1. The van der Waals surface area contributed by atoms with Gasteiger partial charge in [0.25, 0.3) is 0 Å². The van der Waals surface area contributed by atoms with Crippen molar-refractivity contribution in [3.63, 3.8) is 0 Å². The predicted octanol–water partition coefficient (Wildman–Crippen LogP) is 2.49. The van der Waals surface area contributed by atoms with E-state index in [1.807, 2.05) is 7.11 Å². The minimum atomic E-state index is -0.570. The molecular weight excluding hydrogens is 288 g/mol. The molecule has 2 N–H and O–H groups in total. The Kier molecular flexibility index (Phi) is 5.22. The Balaban J connectivity index is 0.00000161. The molecular formula is C16H29ClN2O2. The highest BCUT2D eigenvalue weighted by atomic mass is 35.5. The van der Waals surface area contributed by atoms with Crippen molar-refractivity contribution in [2.75, 3.05) is 20.2 Å². The SMILES string of the molecule is CO[C@@H]1CCC[C@]12CCCN(C(=O)C1(N)CCCC1)C2.Cl. The van der Waals surface area contributed by atoms with Gasteiger partial charge < -0.3 is 15.4 Å². The summed E-state index contributed by atoms with van der Waals surface area (Å²) >= 11 is 0. The molecule has 1 aliphatic heterocycles. The fourth-order valence-corrected chi connectivity index (χ4v) is 4.81. The molecule has 0 aromatic carbocycles. The quantitative estimate of drug-likeness (QED) is 0.851. The van der Waals surface area contributed by atoms with Gasteiger partial charge in [0.1, 0.15) is 0 Å². The standard InChI is InChI=1S/C16H28N2O2.ClH/c1-20-13-6-4-7-15(13)8-5-11-18(12-15)14(19)16(17)9-2-3-10-16;/h13H,2-12,17H2,1H3;1H/t13-,15-;/m1./s1. The Morgan fingerprint density at radius 3 is 2.48 bits per heavy atom. The second-order valence-electron chi connectivity index (χ2n) is 7.17. The van der Waals surface area contributed by atoms with Crippen molar-refractivity contribution in [3.05, 3.63) is 0 Å². The lowest BCUT2D eigenvalue weighted by atomic mass is 9.76. The lowest BCUT2D eigenvalue weighted by molar-refractivity contribution is -0.143. The second-order valence-corrected chi connectivity index (χ2v) is 7.17. The average molecular weight is 317 g/mol. The monoisotopic (exact) mass is 316 g/mol. The molecule has 0 unspecified atom stereocenters. The minimum Gasteiger partial charge on any atom is -0.381 e. The van der Waals surface area contributed by atoms with Crippen LogP contribution in [0.5, 0.6) is 0 Å². The van der Waals surface area contributed by atoms with E-state index in [1.165, 1.54) is 19.3 Å². The van der Waals surface area contributed by atoms with Gasteiger partial charge in [0.15, 0.2) is 0 Å². The number of amides is 1. The molecule has 1 amide bonds. The number of rotatable bonds is 2. The van der Waals surface area contributed by atoms with Crippen LogP contribution in [0.3, 0.4) is 0 Å². The first kappa shape index (κ1) is 17.0. The minimum absolute atomic E-state index is 0. The fraction of sp³-hybridized carbons (Fsp3) is 0.938. The first-order chi connectivity index (χ1) is 9.60. The molecule has 122 valence electrons. The third-order valence-electron chi connectivity index (χ3n) is 5.93. The number of carbonyl (C=O) groups excluding carboxylic acids is 1. The summed E-state index contributed by atoms with van der Waals surface area (Å²) in [7, 11) is 1.82. The van der Waals surface area contributed by atoms with Crippen LogP contribution in [0, 0.1) is 5.41 Å². The topological polar surface area (TPSA) is 55.6 Å². The number of nitrogens with two attached hydrogens (primary N) is 1. The highest BCUT2D eigenvalue weighted by Gasteiger charge is 2.49. The average Bonchev–Trinajstić information content (AvgIpc) is 3.06. The van der Waals surface area contributed by atoms with Gasteiger partial charge in [-0.05, 0) is 38.5 Å². The van der Waals surface area contributed by atoms with Gasteiger partial charge in [0, 0.05) is 25.6 Å². The highest BCUT2D eigenvalue weighted by molar-refractivity contribution is 5.86. The first-order valence-electron chi connectivity index (χ1n) is 8.21. The number of hydrogen-bond donors (Lipinski definition) is 1. The van der Waals surface area contributed by atoms with Gasteiger partial charge in [-0.15, -0.1) is 12.4 Å². The van der Waals surface area contributed by atoms with Crippen molar-refractivity contribution in [2.45, 2.75) is 69.4 Å². The summed E-state index contributed by atoms with van der Waals surface area (Å²) < 4.78 is 5.71. The van der Waals surface area contributed by atoms with Crippen LogP contribution >= 0.6 is 12.4 Å². The molecule has 2 saturated carbocycles. The van der Waals surface area contributed by atoms with Gasteiger partial charge in [-0.1, -0.05) is 19.3 Å². The number of carbonyl (C=O) groups is 1. The maximum atomic E-state index is 12.8. The van der Waals surface area contributed by atoms with Crippen LogP contribution in [0.1, 0.15) is 57.8 Å². The van der Waals surface area contributed by atoms with Crippen molar-refractivity contribution >= 4 is 18.3 Å². The summed E-state index contributed by atoms with van der Waals surface area (Å²) in [4.78, 5) is 14.9. The van der Waals surface area contributed by atoms with Crippen molar-refractivity contribution in [2.24, 2.45) is 11.1 Å². The van der Waals surface area contributed by atoms with Crippen LogP contribution in [0.25, 0.3) is 0 Å². The molecule has 21 heavy (non-hydrogen) atoms. The fourth-order valence-electron chi connectivity index (χ4n) is 4.81. The lowest BCUT2D eigenvalue weighted by Crippen LogP contribution is -2.58. The van der Waals surface area contributed by atoms with Crippen molar-refractivity contribution in [1.82, 2.24) is 4.90 Å². The van der Waals surface area contributed by atoms with Gasteiger partial charge in [-0.3, -0.25) is 4.79 Å². The molecule has 1 saturated heterocycles. The van der Waals surface area contributed by atoms with Crippen LogP contribution < -0.4 is 5.73 Å². The smallest absolute Gasteiger partial charge is 0.242 e. The van der Waals surface area contributed by atoms with Gasteiger partial charge in [0.2, 0.25) is 5.91 Å². The van der Waals surface area contributed by atoms with Gasteiger partial charge in [-0.2, -0.15) is 0 Å². The lowest BCUT2D eigenvalue weighted by Gasteiger charge is -2.45. The zero-order valence-corrected chi connectivity index (χ0v) is 13.9.